The zero-order valence-corrected chi connectivity index (χ0v) is 16.0. The number of ether oxygens (including phenoxy) is 1. The number of rotatable bonds is 7. The number of carbonyl (C=O) groups is 1. The SMILES string of the molecule is Cn1c(COc2ccccc2Cl)nnc1SCC(=O)Nc1ccc(O)cc1. The van der Waals surface area contributed by atoms with Gasteiger partial charge in [-0.05, 0) is 36.4 Å². The maximum atomic E-state index is 12.0. The third-order valence-corrected chi connectivity index (χ3v) is 4.93. The van der Waals surface area contributed by atoms with Gasteiger partial charge in [-0.3, -0.25) is 4.79 Å². The number of amides is 1. The molecule has 0 fully saturated rings. The molecule has 3 aromatic rings. The molecule has 2 N–H and O–H groups in total. The van der Waals surface area contributed by atoms with Crippen LogP contribution in [0, 0.1) is 0 Å². The van der Waals surface area contributed by atoms with Gasteiger partial charge in [-0.2, -0.15) is 0 Å². The maximum absolute atomic E-state index is 12.0. The summed E-state index contributed by atoms with van der Waals surface area (Å²) in [4.78, 5) is 12.0. The number of hydrogen-bond donors (Lipinski definition) is 2. The molecule has 27 heavy (non-hydrogen) atoms. The highest BCUT2D eigenvalue weighted by Gasteiger charge is 2.13. The van der Waals surface area contributed by atoms with E-state index in [4.69, 9.17) is 16.3 Å². The fourth-order valence-corrected chi connectivity index (χ4v) is 3.09. The molecule has 2 aromatic carbocycles. The van der Waals surface area contributed by atoms with Crippen LogP contribution in [0.15, 0.2) is 53.7 Å². The smallest absolute Gasteiger partial charge is 0.234 e. The second kappa shape index (κ2) is 8.79. The molecule has 1 heterocycles. The monoisotopic (exact) mass is 404 g/mol. The maximum Gasteiger partial charge on any atom is 0.234 e. The Morgan fingerprint density at radius 1 is 1.22 bits per heavy atom. The third kappa shape index (κ3) is 5.15. The number of thioether (sulfide) groups is 1. The van der Waals surface area contributed by atoms with Crippen molar-refractivity contribution in [3.8, 4) is 11.5 Å². The molecule has 0 unspecified atom stereocenters. The molecule has 0 spiro atoms. The Hall–Kier alpha value is -2.71. The van der Waals surface area contributed by atoms with E-state index in [-0.39, 0.29) is 24.0 Å². The summed E-state index contributed by atoms with van der Waals surface area (Å²) in [6.45, 7) is 0.216. The molecular weight excluding hydrogens is 388 g/mol. The third-order valence-electron chi connectivity index (χ3n) is 3.60. The van der Waals surface area contributed by atoms with E-state index in [2.05, 4.69) is 15.5 Å². The van der Waals surface area contributed by atoms with Crippen molar-refractivity contribution in [3.05, 3.63) is 59.4 Å². The van der Waals surface area contributed by atoms with Crippen LogP contribution in [-0.4, -0.2) is 31.5 Å². The fourth-order valence-electron chi connectivity index (χ4n) is 2.17. The Balaban J connectivity index is 1.53. The number of aromatic hydroxyl groups is 1. The molecule has 1 aromatic heterocycles. The second-order valence-corrected chi connectivity index (χ2v) is 6.91. The van der Waals surface area contributed by atoms with Crippen LogP contribution < -0.4 is 10.1 Å². The molecule has 3 rings (SSSR count). The summed E-state index contributed by atoms with van der Waals surface area (Å²) in [7, 11) is 1.81. The molecule has 7 nitrogen and oxygen atoms in total. The number of phenols is 1. The molecule has 1 amide bonds. The number of phenolic OH excluding ortho intramolecular Hbond substituents is 1. The largest absolute Gasteiger partial charge is 0.508 e. The number of halogens is 1. The summed E-state index contributed by atoms with van der Waals surface area (Å²) in [5, 5.41) is 21.3. The molecule has 9 heteroatoms. The molecule has 0 saturated carbocycles. The first-order chi connectivity index (χ1) is 13.0. The number of hydrogen-bond acceptors (Lipinski definition) is 6. The Morgan fingerprint density at radius 2 is 1.96 bits per heavy atom. The van der Waals surface area contributed by atoms with Gasteiger partial charge in [0.15, 0.2) is 11.0 Å². The summed E-state index contributed by atoms with van der Waals surface area (Å²) in [6, 6.07) is 13.5. The van der Waals surface area contributed by atoms with E-state index in [1.807, 2.05) is 19.2 Å². The average molecular weight is 405 g/mol. The number of nitrogens with one attached hydrogen (secondary N) is 1. The van der Waals surface area contributed by atoms with E-state index >= 15 is 0 Å². The van der Waals surface area contributed by atoms with E-state index in [0.717, 1.165) is 0 Å². The van der Waals surface area contributed by atoms with Gasteiger partial charge in [0.05, 0.1) is 10.8 Å². The lowest BCUT2D eigenvalue weighted by molar-refractivity contribution is -0.113. The van der Waals surface area contributed by atoms with Crippen LogP contribution in [0.1, 0.15) is 5.82 Å². The molecule has 0 atom stereocenters. The van der Waals surface area contributed by atoms with Gasteiger partial charge in [-0.25, -0.2) is 0 Å². The minimum absolute atomic E-state index is 0.146. The summed E-state index contributed by atoms with van der Waals surface area (Å²) in [5.74, 6) is 1.34. The van der Waals surface area contributed by atoms with Gasteiger partial charge in [-0.1, -0.05) is 35.5 Å². The van der Waals surface area contributed by atoms with E-state index in [9.17, 15) is 9.90 Å². The summed E-state index contributed by atoms with van der Waals surface area (Å²) in [6.07, 6.45) is 0. The van der Waals surface area contributed by atoms with Crippen molar-refractivity contribution in [1.29, 1.82) is 0 Å². The van der Waals surface area contributed by atoms with E-state index in [0.29, 0.717) is 27.4 Å². The van der Waals surface area contributed by atoms with Crippen molar-refractivity contribution in [2.24, 2.45) is 7.05 Å². The van der Waals surface area contributed by atoms with Crippen LogP contribution in [0.4, 0.5) is 5.69 Å². The number of nitrogens with zero attached hydrogens (tertiary/aromatic N) is 3. The van der Waals surface area contributed by atoms with Crippen LogP contribution >= 0.6 is 23.4 Å². The molecule has 0 aliphatic carbocycles. The van der Waals surface area contributed by atoms with Crippen molar-refractivity contribution in [2.45, 2.75) is 11.8 Å². The van der Waals surface area contributed by atoms with Gasteiger partial charge in [0, 0.05) is 12.7 Å². The van der Waals surface area contributed by atoms with Crippen molar-refractivity contribution in [1.82, 2.24) is 14.8 Å². The molecular formula is C18H17ClN4O3S. The minimum atomic E-state index is -0.178. The number of aromatic nitrogens is 3. The minimum Gasteiger partial charge on any atom is -0.508 e. The zero-order valence-electron chi connectivity index (χ0n) is 14.4. The normalized spacial score (nSPS) is 10.6. The molecule has 0 aliphatic heterocycles. The topological polar surface area (TPSA) is 89.3 Å². The van der Waals surface area contributed by atoms with Crippen LogP contribution in [0.25, 0.3) is 0 Å². The van der Waals surface area contributed by atoms with E-state index in [1.54, 1.807) is 28.8 Å². The van der Waals surface area contributed by atoms with Crippen LogP contribution in [-0.2, 0) is 18.4 Å². The van der Waals surface area contributed by atoms with Crippen LogP contribution in [0.3, 0.4) is 0 Å². The number of anilines is 1. The zero-order chi connectivity index (χ0) is 19.2. The Kier molecular flexibility index (Phi) is 6.20. The van der Waals surface area contributed by atoms with Crippen molar-refractivity contribution in [3.63, 3.8) is 0 Å². The highest BCUT2D eigenvalue weighted by molar-refractivity contribution is 7.99. The quantitative estimate of drug-likeness (QED) is 0.463. The summed E-state index contributed by atoms with van der Waals surface area (Å²) >= 11 is 7.33. The summed E-state index contributed by atoms with van der Waals surface area (Å²) in [5.41, 5.74) is 0.616. The molecule has 0 radical (unpaired) electrons. The van der Waals surface area contributed by atoms with Gasteiger partial charge in [0.25, 0.3) is 0 Å². The van der Waals surface area contributed by atoms with Crippen LogP contribution in [0.2, 0.25) is 5.02 Å². The summed E-state index contributed by atoms with van der Waals surface area (Å²) < 4.78 is 7.44. The lowest BCUT2D eigenvalue weighted by Gasteiger charge is -2.08. The predicted octanol–water partition coefficient (Wildman–Crippen LogP) is 3.48. The average Bonchev–Trinajstić information content (AvgIpc) is 3.01. The van der Waals surface area contributed by atoms with Gasteiger partial charge < -0.3 is 19.7 Å². The van der Waals surface area contributed by atoms with Crippen LogP contribution in [0.5, 0.6) is 11.5 Å². The molecule has 0 aliphatic rings. The lowest BCUT2D eigenvalue weighted by Crippen LogP contribution is -2.14. The van der Waals surface area contributed by atoms with Crippen molar-refractivity contribution >= 4 is 35.0 Å². The second-order valence-electron chi connectivity index (χ2n) is 5.56. The van der Waals surface area contributed by atoms with Gasteiger partial charge in [-0.15, -0.1) is 10.2 Å². The van der Waals surface area contributed by atoms with Gasteiger partial charge in [0.1, 0.15) is 18.1 Å². The Labute approximate surface area is 165 Å². The van der Waals surface area contributed by atoms with Crippen molar-refractivity contribution in [2.75, 3.05) is 11.1 Å². The highest BCUT2D eigenvalue weighted by Crippen LogP contribution is 2.24. The lowest BCUT2D eigenvalue weighted by atomic mass is 10.3. The Bertz CT molecular complexity index is 931. The first-order valence-electron chi connectivity index (χ1n) is 8.00. The number of carbonyl (C=O) groups excluding carboxylic acids is 1. The highest BCUT2D eigenvalue weighted by atomic mass is 35.5. The van der Waals surface area contributed by atoms with E-state index < -0.39 is 0 Å². The van der Waals surface area contributed by atoms with Gasteiger partial charge in [0.2, 0.25) is 5.91 Å². The first-order valence-corrected chi connectivity index (χ1v) is 9.36. The van der Waals surface area contributed by atoms with Crippen molar-refractivity contribution < 1.29 is 14.6 Å². The first kappa shape index (κ1) is 19.1. The molecule has 0 bridgehead atoms. The predicted molar refractivity (Wildman–Crippen MR) is 104 cm³/mol. The standard InChI is InChI=1S/C18H17ClN4O3S/c1-23-16(10-26-15-5-3-2-4-14(15)19)21-22-18(23)27-11-17(25)20-12-6-8-13(24)9-7-12/h2-9,24H,10-11H2,1H3,(H,20,25). The fraction of sp³-hybridized carbons (Fsp3) is 0.167. The molecule has 0 saturated heterocycles. The molecule has 140 valence electrons. The Morgan fingerprint density at radius 3 is 2.70 bits per heavy atom. The van der Waals surface area contributed by atoms with Gasteiger partial charge >= 0.3 is 0 Å². The number of para-hydroxylation sites is 1. The number of benzene rings is 2. The van der Waals surface area contributed by atoms with E-state index in [1.165, 1.54) is 23.9 Å².